The number of hydrogen-bond donors (Lipinski definition) is 0. The van der Waals surface area contributed by atoms with Crippen LogP contribution >= 0.6 is 11.8 Å². The molecule has 0 unspecified atom stereocenters. The van der Waals surface area contributed by atoms with Gasteiger partial charge in [0.25, 0.3) is 5.91 Å². The number of para-hydroxylation sites is 1. The van der Waals surface area contributed by atoms with Gasteiger partial charge < -0.3 is 14.1 Å². The molecule has 0 aliphatic carbocycles. The summed E-state index contributed by atoms with van der Waals surface area (Å²) in [5.41, 5.74) is -0.108. The summed E-state index contributed by atoms with van der Waals surface area (Å²) in [4.78, 5) is 37.5. The molecule has 1 aromatic carbocycles. The van der Waals surface area contributed by atoms with Crippen LogP contribution in [0.15, 0.2) is 39.5 Å². The van der Waals surface area contributed by atoms with E-state index in [9.17, 15) is 14.4 Å². The number of benzene rings is 1. The summed E-state index contributed by atoms with van der Waals surface area (Å²) in [6.45, 7) is 1.07. The fourth-order valence-corrected chi connectivity index (χ4v) is 3.72. The van der Waals surface area contributed by atoms with E-state index < -0.39 is 5.63 Å². The number of fused-ring (bicyclic) bond motifs is 1. The first-order valence-corrected chi connectivity index (χ1v) is 8.64. The number of hydrogen-bond acceptors (Lipinski definition) is 6. The quantitative estimate of drug-likeness (QED) is 0.621. The minimum Gasteiger partial charge on any atom is -0.468 e. The van der Waals surface area contributed by atoms with E-state index in [2.05, 4.69) is 4.74 Å². The lowest BCUT2D eigenvalue weighted by atomic mass is 10.1. The number of rotatable bonds is 4. The van der Waals surface area contributed by atoms with Gasteiger partial charge in [-0.25, -0.2) is 4.79 Å². The van der Waals surface area contributed by atoms with Gasteiger partial charge in [-0.3, -0.25) is 9.59 Å². The molecular formula is C17H17NO5S. The number of methoxy groups -OCH3 is 1. The largest absolute Gasteiger partial charge is 0.468 e. The highest BCUT2D eigenvalue weighted by Gasteiger charge is 2.29. The van der Waals surface area contributed by atoms with Crippen molar-refractivity contribution in [3.8, 4) is 0 Å². The van der Waals surface area contributed by atoms with Crippen LogP contribution < -0.4 is 5.63 Å². The molecule has 0 radical (unpaired) electrons. The van der Waals surface area contributed by atoms with Crippen LogP contribution in [0, 0.1) is 0 Å². The lowest BCUT2D eigenvalue weighted by Gasteiger charge is -2.15. The van der Waals surface area contributed by atoms with Gasteiger partial charge in [-0.1, -0.05) is 18.2 Å². The van der Waals surface area contributed by atoms with E-state index in [4.69, 9.17) is 4.42 Å². The Morgan fingerprint density at radius 3 is 2.96 bits per heavy atom. The number of likely N-dealkylation sites (tertiary alicyclic amines) is 1. The molecular weight excluding hydrogens is 330 g/mol. The number of carbonyl (C=O) groups is 2. The summed E-state index contributed by atoms with van der Waals surface area (Å²) >= 11 is 1.47. The maximum absolute atomic E-state index is 12.6. The molecule has 3 rings (SSSR count). The Morgan fingerprint density at radius 2 is 2.17 bits per heavy atom. The lowest BCUT2D eigenvalue weighted by Crippen LogP contribution is -2.32. The molecule has 0 N–H and O–H groups in total. The zero-order valence-corrected chi connectivity index (χ0v) is 14.0. The maximum atomic E-state index is 12.6. The van der Waals surface area contributed by atoms with Crippen molar-refractivity contribution in [2.24, 2.45) is 0 Å². The highest BCUT2D eigenvalue weighted by molar-refractivity contribution is 8.00. The van der Waals surface area contributed by atoms with Crippen molar-refractivity contribution in [3.05, 3.63) is 46.3 Å². The molecule has 2 heterocycles. The molecule has 0 bridgehead atoms. The van der Waals surface area contributed by atoms with Crippen LogP contribution in [0.25, 0.3) is 11.0 Å². The Kier molecular flexibility index (Phi) is 4.89. The standard InChI is InChI=1S/C17H17NO5S/c1-22-15(19)10-24-12-6-7-18(9-12)16(20)13-8-11-4-2-3-5-14(11)23-17(13)21/h2-5,8,12H,6-7,9-10H2,1H3/t12-/m0/s1. The monoisotopic (exact) mass is 347 g/mol. The summed E-state index contributed by atoms with van der Waals surface area (Å²) in [5.74, 6) is -0.336. The Labute approximate surface area is 142 Å². The van der Waals surface area contributed by atoms with Crippen LogP contribution in [0.1, 0.15) is 16.8 Å². The third-order valence-corrected chi connectivity index (χ3v) is 5.23. The predicted octanol–water partition coefficient (Wildman–Crippen LogP) is 1.91. The topological polar surface area (TPSA) is 76.8 Å². The first-order valence-electron chi connectivity index (χ1n) is 7.59. The van der Waals surface area contributed by atoms with Gasteiger partial charge in [-0.15, -0.1) is 11.8 Å². The van der Waals surface area contributed by atoms with Crippen molar-refractivity contribution in [1.29, 1.82) is 0 Å². The average Bonchev–Trinajstić information content (AvgIpc) is 3.07. The molecule has 24 heavy (non-hydrogen) atoms. The molecule has 0 saturated carbocycles. The van der Waals surface area contributed by atoms with Crippen LogP contribution in [0.4, 0.5) is 0 Å². The van der Waals surface area contributed by atoms with Crippen molar-refractivity contribution in [2.75, 3.05) is 26.0 Å². The Hall–Kier alpha value is -2.28. The molecule has 1 aliphatic rings. The number of esters is 1. The Morgan fingerprint density at radius 1 is 1.38 bits per heavy atom. The first kappa shape index (κ1) is 16.6. The van der Waals surface area contributed by atoms with Gasteiger partial charge in [0.2, 0.25) is 0 Å². The van der Waals surface area contributed by atoms with Crippen LogP contribution in [0.3, 0.4) is 0 Å². The minimum absolute atomic E-state index is 0.0484. The number of ether oxygens (including phenoxy) is 1. The van der Waals surface area contributed by atoms with Crippen LogP contribution in [0.5, 0.6) is 0 Å². The Bertz CT molecular complexity index is 831. The van der Waals surface area contributed by atoms with Crippen molar-refractivity contribution in [1.82, 2.24) is 4.90 Å². The van der Waals surface area contributed by atoms with E-state index in [0.29, 0.717) is 18.7 Å². The predicted molar refractivity (Wildman–Crippen MR) is 91.3 cm³/mol. The molecule has 1 saturated heterocycles. The van der Waals surface area contributed by atoms with Crippen molar-refractivity contribution >= 4 is 34.6 Å². The van der Waals surface area contributed by atoms with Crippen molar-refractivity contribution < 1.29 is 18.7 Å². The van der Waals surface area contributed by atoms with Crippen molar-refractivity contribution in [3.63, 3.8) is 0 Å². The minimum atomic E-state index is -0.621. The van der Waals surface area contributed by atoms with Crippen molar-refractivity contribution in [2.45, 2.75) is 11.7 Å². The van der Waals surface area contributed by atoms with Gasteiger partial charge in [-0.05, 0) is 18.6 Å². The smallest absolute Gasteiger partial charge is 0.349 e. The second-order valence-corrected chi connectivity index (χ2v) is 6.82. The Balaban J connectivity index is 1.72. The van der Waals surface area contributed by atoms with Gasteiger partial charge in [0.15, 0.2) is 0 Å². The fraction of sp³-hybridized carbons (Fsp3) is 0.353. The second kappa shape index (κ2) is 7.09. The van der Waals surface area contributed by atoms with Crippen LogP contribution in [-0.2, 0) is 9.53 Å². The molecule has 1 fully saturated rings. The van der Waals surface area contributed by atoms with Crippen LogP contribution in [-0.4, -0.2) is 48.0 Å². The average molecular weight is 347 g/mol. The maximum Gasteiger partial charge on any atom is 0.349 e. The summed E-state index contributed by atoms with van der Waals surface area (Å²) in [7, 11) is 1.35. The molecule has 2 aromatic rings. The molecule has 0 spiro atoms. The molecule has 1 amide bonds. The van der Waals surface area contributed by atoms with E-state index in [0.717, 1.165) is 11.8 Å². The van der Waals surface area contributed by atoms with E-state index in [1.807, 2.05) is 6.07 Å². The number of nitrogens with zero attached hydrogens (tertiary/aromatic N) is 1. The van der Waals surface area contributed by atoms with Gasteiger partial charge in [0, 0.05) is 23.7 Å². The highest BCUT2D eigenvalue weighted by atomic mass is 32.2. The lowest BCUT2D eigenvalue weighted by molar-refractivity contribution is -0.137. The van der Waals surface area contributed by atoms with Gasteiger partial charge in [-0.2, -0.15) is 0 Å². The van der Waals surface area contributed by atoms with E-state index in [-0.39, 0.29) is 28.4 Å². The normalized spacial score (nSPS) is 17.2. The highest BCUT2D eigenvalue weighted by Crippen LogP contribution is 2.24. The molecule has 1 aromatic heterocycles. The fourth-order valence-electron chi connectivity index (χ4n) is 2.67. The molecule has 6 nitrogen and oxygen atoms in total. The molecule has 1 aliphatic heterocycles. The number of amides is 1. The van der Waals surface area contributed by atoms with Gasteiger partial charge in [0.1, 0.15) is 11.1 Å². The van der Waals surface area contributed by atoms with Gasteiger partial charge >= 0.3 is 11.6 Å². The third kappa shape index (κ3) is 3.46. The second-order valence-electron chi connectivity index (χ2n) is 5.53. The third-order valence-electron chi connectivity index (χ3n) is 3.97. The van der Waals surface area contributed by atoms with Gasteiger partial charge in [0.05, 0.1) is 12.9 Å². The van der Waals surface area contributed by atoms with Crippen LogP contribution in [0.2, 0.25) is 0 Å². The molecule has 1 atom stereocenters. The zero-order valence-electron chi connectivity index (χ0n) is 13.2. The number of thioether (sulfide) groups is 1. The summed E-state index contributed by atoms with van der Waals surface area (Å²) in [6, 6.07) is 8.68. The van der Waals surface area contributed by atoms with E-state index in [1.54, 1.807) is 29.2 Å². The summed E-state index contributed by atoms with van der Waals surface area (Å²) in [5, 5.41) is 0.886. The summed E-state index contributed by atoms with van der Waals surface area (Å²) in [6.07, 6.45) is 0.784. The molecule has 126 valence electrons. The SMILES string of the molecule is COC(=O)CS[C@H]1CCN(C(=O)c2cc3ccccc3oc2=O)C1. The zero-order chi connectivity index (χ0) is 17.1. The van der Waals surface area contributed by atoms with E-state index in [1.165, 1.54) is 18.9 Å². The first-order chi connectivity index (χ1) is 11.6. The summed E-state index contributed by atoms with van der Waals surface area (Å²) < 4.78 is 9.84. The number of carbonyl (C=O) groups excluding carboxylic acids is 2. The molecule has 7 heteroatoms. The van der Waals surface area contributed by atoms with E-state index >= 15 is 0 Å².